The van der Waals surface area contributed by atoms with Gasteiger partial charge in [-0.25, -0.2) is 4.98 Å². The molecule has 0 atom stereocenters. The Labute approximate surface area is 218 Å². The van der Waals surface area contributed by atoms with Crippen LogP contribution in [-0.4, -0.2) is 36.3 Å². The minimum absolute atomic E-state index is 0.431. The van der Waals surface area contributed by atoms with Crippen molar-refractivity contribution in [3.05, 3.63) is 70.8 Å². The zero-order valence-corrected chi connectivity index (χ0v) is 22.0. The third-order valence-electron chi connectivity index (χ3n) is 6.15. The van der Waals surface area contributed by atoms with E-state index in [0.717, 1.165) is 46.1 Å². The molecule has 2 heterocycles. The van der Waals surface area contributed by atoms with Crippen molar-refractivity contribution in [2.75, 3.05) is 29.8 Å². The van der Waals surface area contributed by atoms with Crippen LogP contribution in [0, 0.1) is 13.8 Å². The van der Waals surface area contributed by atoms with E-state index >= 15 is 0 Å². The minimum Gasteiger partial charge on any atom is -0.439 e. The number of aromatic nitrogens is 2. The minimum atomic E-state index is 0.431. The quantitative estimate of drug-likeness (QED) is 0.269. The SMILES string of the molecule is CN=C/C(=C\N)SNc1nc(Oc2ccc(N3CCCCCC3)cc2)cc(-c2c(C)cccc2C)n1. The van der Waals surface area contributed by atoms with Gasteiger partial charge in [-0.05, 0) is 74.0 Å². The molecule has 8 heteroatoms. The first-order valence-electron chi connectivity index (χ1n) is 12.3. The molecule has 0 amide bonds. The van der Waals surface area contributed by atoms with E-state index in [1.54, 1.807) is 13.3 Å². The normalized spacial score (nSPS) is 14.6. The number of anilines is 2. The molecule has 1 aliphatic heterocycles. The van der Waals surface area contributed by atoms with Gasteiger partial charge in [-0.3, -0.25) is 9.71 Å². The van der Waals surface area contributed by atoms with E-state index in [9.17, 15) is 0 Å². The van der Waals surface area contributed by atoms with Gasteiger partial charge in [-0.1, -0.05) is 31.0 Å². The van der Waals surface area contributed by atoms with E-state index < -0.39 is 0 Å². The second-order valence-electron chi connectivity index (χ2n) is 8.84. The number of rotatable bonds is 8. The topological polar surface area (TPSA) is 88.7 Å². The summed E-state index contributed by atoms with van der Waals surface area (Å²) in [5.74, 6) is 1.63. The first-order chi connectivity index (χ1) is 17.6. The van der Waals surface area contributed by atoms with E-state index in [1.807, 2.05) is 18.2 Å². The van der Waals surface area contributed by atoms with Gasteiger partial charge in [0.05, 0.1) is 10.6 Å². The molecule has 4 rings (SSSR count). The maximum atomic E-state index is 6.22. The number of nitrogens with one attached hydrogen (secondary N) is 1. The van der Waals surface area contributed by atoms with Crippen molar-refractivity contribution in [1.29, 1.82) is 0 Å². The van der Waals surface area contributed by atoms with Gasteiger partial charge in [0, 0.05) is 49.9 Å². The molecular formula is C28H34N6OS. The fraction of sp³-hybridized carbons (Fsp3) is 0.321. The Morgan fingerprint density at radius 2 is 1.72 bits per heavy atom. The Bertz CT molecular complexity index is 1200. The number of hydrogen-bond donors (Lipinski definition) is 2. The lowest BCUT2D eigenvalue weighted by atomic mass is 10.00. The van der Waals surface area contributed by atoms with Gasteiger partial charge in [0.25, 0.3) is 0 Å². The van der Waals surface area contributed by atoms with Crippen molar-refractivity contribution in [3.8, 4) is 22.9 Å². The van der Waals surface area contributed by atoms with Crippen LogP contribution in [0.2, 0.25) is 0 Å². The number of aryl methyl sites for hydroxylation is 2. The molecule has 0 unspecified atom stereocenters. The van der Waals surface area contributed by atoms with Gasteiger partial charge < -0.3 is 15.4 Å². The maximum absolute atomic E-state index is 6.22. The van der Waals surface area contributed by atoms with Crippen LogP contribution in [0.5, 0.6) is 11.6 Å². The van der Waals surface area contributed by atoms with Gasteiger partial charge in [0.15, 0.2) is 0 Å². The number of allylic oxidation sites excluding steroid dienone is 1. The predicted molar refractivity (Wildman–Crippen MR) is 152 cm³/mol. The molecule has 1 saturated heterocycles. The van der Waals surface area contributed by atoms with Gasteiger partial charge in [0.1, 0.15) is 5.75 Å². The highest BCUT2D eigenvalue weighted by Crippen LogP contribution is 2.32. The maximum Gasteiger partial charge on any atom is 0.237 e. The van der Waals surface area contributed by atoms with E-state index in [2.05, 4.69) is 63.8 Å². The van der Waals surface area contributed by atoms with Crippen LogP contribution in [-0.2, 0) is 0 Å². The third kappa shape index (κ3) is 6.57. The van der Waals surface area contributed by atoms with Crippen LogP contribution in [0.4, 0.5) is 11.6 Å². The molecule has 7 nitrogen and oxygen atoms in total. The lowest BCUT2D eigenvalue weighted by molar-refractivity contribution is 0.463. The zero-order chi connectivity index (χ0) is 25.3. The van der Waals surface area contributed by atoms with Crippen LogP contribution in [0.25, 0.3) is 11.3 Å². The molecular weight excluding hydrogens is 468 g/mol. The predicted octanol–water partition coefficient (Wildman–Crippen LogP) is 6.49. The number of ether oxygens (including phenoxy) is 1. The molecule has 1 aromatic heterocycles. The molecule has 0 saturated carbocycles. The van der Waals surface area contributed by atoms with Crippen LogP contribution < -0.4 is 20.1 Å². The Morgan fingerprint density at radius 3 is 2.36 bits per heavy atom. The molecule has 0 bridgehead atoms. The highest BCUT2D eigenvalue weighted by molar-refractivity contribution is 8.05. The Hall–Kier alpha value is -3.52. The smallest absolute Gasteiger partial charge is 0.237 e. The van der Waals surface area contributed by atoms with Crippen LogP contribution in [0.1, 0.15) is 36.8 Å². The standard InChI is InChI=1S/C28H34N6OS/c1-20-9-8-10-21(2)27(20)25-17-26(32-28(31-25)33-36-24(18-29)19-30-3)35-23-13-11-22(12-14-23)34-15-6-4-5-7-16-34/h8-14,17-19H,4-7,15-16,29H2,1-3H3,(H,31,32,33)/b24-18+,30-19?. The molecule has 36 heavy (non-hydrogen) atoms. The molecule has 2 aromatic carbocycles. The Balaban J connectivity index is 1.61. The van der Waals surface area contributed by atoms with Crippen LogP contribution >= 0.6 is 11.9 Å². The summed E-state index contributed by atoms with van der Waals surface area (Å²) in [6, 6.07) is 16.4. The monoisotopic (exact) mass is 502 g/mol. The van der Waals surface area contributed by atoms with Crippen molar-refractivity contribution in [1.82, 2.24) is 9.97 Å². The lowest BCUT2D eigenvalue weighted by Crippen LogP contribution is -2.23. The largest absolute Gasteiger partial charge is 0.439 e. The molecule has 3 aromatic rings. The highest BCUT2D eigenvalue weighted by atomic mass is 32.2. The van der Waals surface area contributed by atoms with E-state index in [-0.39, 0.29) is 0 Å². The summed E-state index contributed by atoms with van der Waals surface area (Å²) < 4.78 is 9.41. The molecule has 0 spiro atoms. The van der Waals surface area contributed by atoms with Crippen molar-refractivity contribution in [2.45, 2.75) is 39.5 Å². The highest BCUT2D eigenvalue weighted by Gasteiger charge is 2.14. The molecule has 1 fully saturated rings. The Kier molecular flexibility index (Phi) is 8.84. The van der Waals surface area contributed by atoms with Gasteiger partial charge in [-0.2, -0.15) is 4.98 Å². The summed E-state index contributed by atoms with van der Waals surface area (Å²) in [4.78, 5) is 16.6. The second kappa shape index (κ2) is 12.4. The molecule has 0 aliphatic carbocycles. The number of nitrogens with two attached hydrogens (primary N) is 1. The summed E-state index contributed by atoms with van der Waals surface area (Å²) in [5, 5.41) is 0. The molecule has 1 aliphatic rings. The lowest BCUT2D eigenvalue weighted by Gasteiger charge is -2.22. The van der Waals surface area contributed by atoms with Crippen molar-refractivity contribution in [2.24, 2.45) is 10.7 Å². The van der Waals surface area contributed by atoms with Gasteiger partial charge in [-0.15, -0.1) is 0 Å². The van der Waals surface area contributed by atoms with Gasteiger partial charge in [0.2, 0.25) is 11.8 Å². The molecule has 3 N–H and O–H groups in total. The molecule has 0 radical (unpaired) electrons. The summed E-state index contributed by atoms with van der Waals surface area (Å²) in [6.07, 6.45) is 8.30. The average molecular weight is 503 g/mol. The average Bonchev–Trinajstić information content (AvgIpc) is 3.17. The number of nitrogens with zero attached hydrogens (tertiary/aromatic N) is 4. The number of benzene rings is 2. The summed E-state index contributed by atoms with van der Waals surface area (Å²) >= 11 is 1.30. The van der Waals surface area contributed by atoms with Crippen LogP contribution in [0.3, 0.4) is 0 Å². The van der Waals surface area contributed by atoms with Crippen molar-refractivity contribution < 1.29 is 4.74 Å². The first kappa shape index (κ1) is 25.6. The summed E-state index contributed by atoms with van der Waals surface area (Å²) in [6.45, 7) is 6.39. The first-order valence-corrected chi connectivity index (χ1v) is 13.1. The van der Waals surface area contributed by atoms with Crippen molar-refractivity contribution >= 4 is 29.8 Å². The van der Waals surface area contributed by atoms with Gasteiger partial charge >= 0.3 is 0 Å². The second-order valence-corrected chi connectivity index (χ2v) is 9.72. The fourth-order valence-corrected chi connectivity index (χ4v) is 4.91. The van der Waals surface area contributed by atoms with E-state index in [1.165, 1.54) is 49.5 Å². The van der Waals surface area contributed by atoms with E-state index in [0.29, 0.717) is 11.8 Å². The third-order valence-corrected chi connectivity index (χ3v) is 6.91. The summed E-state index contributed by atoms with van der Waals surface area (Å²) in [5.41, 5.74) is 11.1. The molecule has 188 valence electrons. The van der Waals surface area contributed by atoms with E-state index in [4.69, 9.17) is 15.5 Å². The number of aliphatic imine (C=N–C) groups is 1. The Morgan fingerprint density at radius 1 is 1.03 bits per heavy atom. The zero-order valence-electron chi connectivity index (χ0n) is 21.2. The van der Waals surface area contributed by atoms with Crippen molar-refractivity contribution in [3.63, 3.8) is 0 Å². The fourth-order valence-electron chi connectivity index (χ4n) is 4.38. The summed E-state index contributed by atoms with van der Waals surface area (Å²) in [7, 11) is 1.70. The number of hydrogen-bond acceptors (Lipinski definition) is 8. The van der Waals surface area contributed by atoms with Crippen LogP contribution in [0.15, 0.2) is 64.6 Å².